The van der Waals surface area contributed by atoms with Crippen molar-refractivity contribution in [2.75, 3.05) is 11.9 Å². The Balaban J connectivity index is 0.00000576. The highest BCUT2D eigenvalue weighted by molar-refractivity contribution is 14.0. The first-order valence-corrected chi connectivity index (χ1v) is 9.00. The number of hydrogen-bond acceptors (Lipinski definition) is 2. The van der Waals surface area contributed by atoms with E-state index in [0.717, 1.165) is 30.6 Å². The number of benzene rings is 1. The maximum absolute atomic E-state index is 11.9. The molecule has 5 nitrogen and oxygen atoms in total. The molecule has 0 aliphatic rings. The van der Waals surface area contributed by atoms with Crippen LogP contribution in [0.25, 0.3) is 0 Å². The molecule has 0 spiro atoms. The molecule has 1 unspecified atom stereocenters. The van der Waals surface area contributed by atoms with E-state index in [4.69, 9.17) is 5.73 Å². The van der Waals surface area contributed by atoms with E-state index < -0.39 is 0 Å². The summed E-state index contributed by atoms with van der Waals surface area (Å²) >= 11 is 0. The van der Waals surface area contributed by atoms with Gasteiger partial charge in [0.2, 0.25) is 5.91 Å². The average molecular weight is 460 g/mol. The summed E-state index contributed by atoms with van der Waals surface area (Å²) in [6.45, 7) is 7.49. The van der Waals surface area contributed by atoms with E-state index in [-0.39, 0.29) is 35.8 Å². The van der Waals surface area contributed by atoms with Gasteiger partial charge in [-0.15, -0.1) is 24.0 Å². The Morgan fingerprint density at radius 3 is 2.68 bits per heavy atom. The Morgan fingerprint density at radius 1 is 1.24 bits per heavy atom. The Labute approximate surface area is 169 Å². The number of rotatable bonds is 10. The van der Waals surface area contributed by atoms with Crippen LogP contribution in [0.2, 0.25) is 0 Å². The molecule has 0 bridgehead atoms. The second kappa shape index (κ2) is 13.9. The van der Waals surface area contributed by atoms with E-state index >= 15 is 0 Å². The lowest BCUT2D eigenvalue weighted by Crippen LogP contribution is -2.32. The van der Waals surface area contributed by atoms with Gasteiger partial charge in [0.25, 0.3) is 0 Å². The Morgan fingerprint density at radius 2 is 2.00 bits per heavy atom. The number of nitrogens with two attached hydrogens (primary N) is 1. The fourth-order valence-corrected chi connectivity index (χ4v) is 2.20. The van der Waals surface area contributed by atoms with Crippen molar-refractivity contribution in [2.45, 2.75) is 59.4 Å². The summed E-state index contributed by atoms with van der Waals surface area (Å²) in [7, 11) is 0. The molecule has 142 valence electrons. The molecule has 4 N–H and O–H groups in total. The summed E-state index contributed by atoms with van der Waals surface area (Å²) in [4.78, 5) is 16.3. The second-order valence-electron chi connectivity index (χ2n) is 6.19. The zero-order valence-electron chi connectivity index (χ0n) is 15.7. The molecule has 0 heterocycles. The van der Waals surface area contributed by atoms with Crippen LogP contribution in [-0.4, -0.2) is 18.4 Å². The van der Waals surface area contributed by atoms with Gasteiger partial charge in [0, 0.05) is 18.2 Å². The molecular formula is C19H33IN4O. The lowest BCUT2D eigenvalue weighted by atomic mass is 10.1. The number of nitrogens with zero attached hydrogens (tertiary/aromatic N) is 1. The number of guanidine groups is 1. The number of unbranched alkanes of at least 4 members (excludes halogenated alkanes) is 3. The summed E-state index contributed by atoms with van der Waals surface area (Å²) in [6, 6.07) is 7.74. The van der Waals surface area contributed by atoms with E-state index in [1.165, 1.54) is 19.3 Å². The molecule has 1 rings (SSSR count). The number of carbonyl (C=O) groups is 1. The smallest absolute Gasteiger partial charge is 0.227 e. The minimum Gasteiger partial charge on any atom is -0.370 e. The zero-order valence-corrected chi connectivity index (χ0v) is 18.0. The first-order chi connectivity index (χ1) is 11.6. The first-order valence-electron chi connectivity index (χ1n) is 9.00. The van der Waals surface area contributed by atoms with Crippen molar-refractivity contribution >= 4 is 41.5 Å². The highest BCUT2D eigenvalue weighted by atomic mass is 127. The van der Waals surface area contributed by atoms with Crippen LogP contribution in [-0.2, 0) is 11.3 Å². The van der Waals surface area contributed by atoms with Gasteiger partial charge in [-0.3, -0.25) is 4.79 Å². The molecule has 1 aromatic rings. The molecule has 25 heavy (non-hydrogen) atoms. The predicted molar refractivity (Wildman–Crippen MR) is 117 cm³/mol. The van der Waals surface area contributed by atoms with Crippen LogP contribution in [0.1, 0.15) is 58.4 Å². The molecule has 0 saturated heterocycles. The van der Waals surface area contributed by atoms with Crippen LogP contribution in [0.5, 0.6) is 0 Å². The van der Waals surface area contributed by atoms with Gasteiger partial charge in [-0.2, -0.15) is 0 Å². The molecular weight excluding hydrogens is 427 g/mol. The number of anilines is 1. The minimum atomic E-state index is 0. The van der Waals surface area contributed by atoms with Gasteiger partial charge in [0.15, 0.2) is 5.96 Å². The first kappa shape index (κ1) is 23.7. The van der Waals surface area contributed by atoms with Gasteiger partial charge >= 0.3 is 0 Å². The average Bonchev–Trinajstić information content (AvgIpc) is 2.59. The standard InChI is InChI=1S/C19H32N4O.HI/c1-4-6-7-8-12-21-19(20)22-14-16-10-9-11-17(13-16)23-18(24)15(3)5-2;/h9-11,13,15H,4-8,12,14H2,1-3H3,(H,23,24)(H3,20,21,22);1H. The van der Waals surface area contributed by atoms with Gasteiger partial charge in [-0.25, -0.2) is 4.99 Å². The maximum atomic E-state index is 11.9. The number of aliphatic imine (C=N–C) groups is 1. The summed E-state index contributed by atoms with van der Waals surface area (Å²) in [5, 5.41) is 6.08. The van der Waals surface area contributed by atoms with Crippen molar-refractivity contribution in [1.29, 1.82) is 0 Å². The third kappa shape index (κ3) is 10.3. The van der Waals surface area contributed by atoms with E-state index in [1.807, 2.05) is 38.1 Å². The molecule has 1 atom stereocenters. The third-order valence-corrected chi connectivity index (χ3v) is 4.02. The van der Waals surface area contributed by atoms with Crippen molar-refractivity contribution < 1.29 is 4.79 Å². The highest BCUT2D eigenvalue weighted by Gasteiger charge is 2.10. The molecule has 6 heteroatoms. The molecule has 0 aliphatic heterocycles. The number of amides is 1. The van der Waals surface area contributed by atoms with Gasteiger partial charge < -0.3 is 16.4 Å². The molecule has 0 radical (unpaired) electrons. The topological polar surface area (TPSA) is 79.5 Å². The lowest BCUT2D eigenvalue weighted by Gasteiger charge is -2.11. The Hall–Kier alpha value is -1.31. The van der Waals surface area contributed by atoms with E-state index in [0.29, 0.717) is 12.5 Å². The van der Waals surface area contributed by atoms with Crippen LogP contribution in [0.4, 0.5) is 5.69 Å². The number of hydrogen-bond donors (Lipinski definition) is 3. The fourth-order valence-electron chi connectivity index (χ4n) is 2.20. The van der Waals surface area contributed by atoms with Gasteiger partial charge in [0.1, 0.15) is 0 Å². The van der Waals surface area contributed by atoms with Crippen LogP contribution >= 0.6 is 24.0 Å². The molecule has 0 saturated carbocycles. The van der Waals surface area contributed by atoms with E-state index in [9.17, 15) is 4.79 Å². The van der Waals surface area contributed by atoms with Crippen molar-refractivity contribution in [3.63, 3.8) is 0 Å². The van der Waals surface area contributed by atoms with Crippen molar-refractivity contribution in [3.05, 3.63) is 29.8 Å². The van der Waals surface area contributed by atoms with E-state index in [2.05, 4.69) is 22.5 Å². The monoisotopic (exact) mass is 460 g/mol. The van der Waals surface area contributed by atoms with Crippen LogP contribution in [0.3, 0.4) is 0 Å². The Kier molecular flexibility index (Phi) is 13.2. The molecule has 1 amide bonds. The van der Waals surface area contributed by atoms with Gasteiger partial charge in [-0.05, 0) is 30.5 Å². The second-order valence-corrected chi connectivity index (χ2v) is 6.19. The Bertz CT molecular complexity index is 534. The van der Waals surface area contributed by atoms with Crippen LogP contribution < -0.4 is 16.4 Å². The summed E-state index contributed by atoms with van der Waals surface area (Å²) in [6.07, 6.45) is 5.65. The SMILES string of the molecule is CCCCCCNC(N)=NCc1cccc(NC(=O)C(C)CC)c1.I. The quantitative estimate of drug-likeness (QED) is 0.211. The van der Waals surface area contributed by atoms with Crippen molar-refractivity contribution in [3.8, 4) is 0 Å². The molecule has 0 fully saturated rings. The number of halogens is 1. The fraction of sp³-hybridized carbons (Fsp3) is 0.579. The summed E-state index contributed by atoms with van der Waals surface area (Å²) in [5.41, 5.74) is 7.71. The predicted octanol–water partition coefficient (Wildman–Crippen LogP) is 4.27. The number of nitrogens with one attached hydrogen (secondary N) is 2. The van der Waals surface area contributed by atoms with Crippen molar-refractivity contribution in [1.82, 2.24) is 5.32 Å². The zero-order chi connectivity index (χ0) is 17.8. The molecule has 0 aliphatic carbocycles. The minimum absolute atomic E-state index is 0. The third-order valence-electron chi connectivity index (χ3n) is 4.02. The van der Waals surface area contributed by atoms with Crippen molar-refractivity contribution in [2.24, 2.45) is 16.6 Å². The van der Waals surface area contributed by atoms with Crippen LogP contribution in [0.15, 0.2) is 29.3 Å². The molecule has 1 aromatic carbocycles. The molecule has 0 aromatic heterocycles. The van der Waals surface area contributed by atoms with Crippen LogP contribution in [0, 0.1) is 5.92 Å². The lowest BCUT2D eigenvalue weighted by molar-refractivity contribution is -0.119. The van der Waals surface area contributed by atoms with Gasteiger partial charge in [-0.1, -0.05) is 52.2 Å². The van der Waals surface area contributed by atoms with E-state index in [1.54, 1.807) is 0 Å². The number of carbonyl (C=O) groups excluding carboxylic acids is 1. The largest absolute Gasteiger partial charge is 0.370 e. The highest BCUT2D eigenvalue weighted by Crippen LogP contribution is 2.13. The summed E-state index contributed by atoms with van der Waals surface area (Å²) in [5.74, 6) is 0.534. The summed E-state index contributed by atoms with van der Waals surface area (Å²) < 4.78 is 0. The van der Waals surface area contributed by atoms with Gasteiger partial charge in [0.05, 0.1) is 6.54 Å². The normalized spacial score (nSPS) is 12.2. The maximum Gasteiger partial charge on any atom is 0.227 e.